The van der Waals surface area contributed by atoms with Gasteiger partial charge in [-0.3, -0.25) is 0 Å². The molecule has 0 radical (unpaired) electrons. The van der Waals surface area contributed by atoms with Crippen LogP contribution in [-0.2, 0) is 0 Å². The summed E-state index contributed by atoms with van der Waals surface area (Å²) in [7, 11) is 0. The normalized spacial score (nSPS) is 15.9. The van der Waals surface area contributed by atoms with Crippen LogP contribution in [0.3, 0.4) is 0 Å². The zero-order chi connectivity index (χ0) is 18.4. The summed E-state index contributed by atoms with van der Waals surface area (Å²) >= 11 is 0. The van der Waals surface area contributed by atoms with E-state index in [0.717, 1.165) is 51.4 Å². The molecule has 0 amide bonds. The van der Waals surface area contributed by atoms with E-state index in [9.17, 15) is 20.4 Å². The first-order valence-corrected chi connectivity index (χ1v) is 9.26. The summed E-state index contributed by atoms with van der Waals surface area (Å²) in [5, 5.41) is 39.2. The number of allylic oxidation sites excluding steroid dienone is 1. The molecule has 0 aliphatic heterocycles. The topological polar surface area (TPSA) is 80.9 Å². The van der Waals surface area contributed by atoms with E-state index in [4.69, 9.17) is 0 Å². The van der Waals surface area contributed by atoms with Gasteiger partial charge in [-0.05, 0) is 32.6 Å². The average Bonchev–Trinajstić information content (AvgIpc) is 2.55. The quantitative estimate of drug-likeness (QED) is 0.236. The molecular formula is C20H36O4. The Morgan fingerprint density at radius 3 is 2.12 bits per heavy atom. The first-order valence-electron chi connectivity index (χ1n) is 9.26. The monoisotopic (exact) mass is 340 g/mol. The Morgan fingerprint density at radius 1 is 0.875 bits per heavy atom. The minimum atomic E-state index is -1.33. The number of unbranched alkanes of at least 4 members (excludes halogenated alkanes) is 5. The largest absolute Gasteiger partial charge is 0.390 e. The van der Waals surface area contributed by atoms with E-state index in [0.29, 0.717) is 12.8 Å². The van der Waals surface area contributed by atoms with E-state index < -0.39 is 24.4 Å². The van der Waals surface area contributed by atoms with Crippen molar-refractivity contribution in [2.75, 3.05) is 0 Å². The fourth-order valence-corrected chi connectivity index (χ4v) is 2.43. The molecule has 140 valence electrons. The molecule has 4 heteroatoms. The molecule has 0 aromatic rings. The molecule has 0 saturated heterocycles. The van der Waals surface area contributed by atoms with Crippen LogP contribution in [0.25, 0.3) is 0 Å². The lowest BCUT2D eigenvalue weighted by atomic mass is 10.0. The second-order valence-electron chi connectivity index (χ2n) is 6.71. The van der Waals surface area contributed by atoms with Gasteiger partial charge in [0.25, 0.3) is 0 Å². The minimum absolute atomic E-state index is 0.443. The van der Waals surface area contributed by atoms with Gasteiger partial charge in [-0.2, -0.15) is 0 Å². The van der Waals surface area contributed by atoms with Crippen LogP contribution in [0.1, 0.15) is 78.1 Å². The van der Waals surface area contributed by atoms with Crippen LogP contribution >= 0.6 is 0 Å². The number of hydrogen-bond donors (Lipinski definition) is 4. The fraction of sp³-hybridized carbons (Fsp3) is 0.800. The molecule has 0 spiro atoms. The Balaban J connectivity index is 3.90. The van der Waals surface area contributed by atoms with E-state index in [1.807, 2.05) is 13.8 Å². The smallest absolute Gasteiger partial charge is 0.143 e. The maximum absolute atomic E-state index is 9.92. The molecule has 0 aliphatic rings. The summed E-state index contributed by atoms with van der Waals surface area (Å²) in [6, 6.07) is 0. The van der Waals surface area contributed by atoms with Crippen molar-refractivity contribution in [3.63, 3.8) is 0 Å². The van der Waals surface area contributed by atoms with Crippen molar-refractivity contribution in [2.45, 2.75) is 102 Å². The number of aliphatic hydroxyl groups excluding tert-OH is 4. The van der Waals surface area contributed by atoms with Gasteiger partial charge in [0.2, 0.25) is 0 Å². The van der Waals surface area contributed by atoms with Gasteiger partial charge in [-0.25, -0.2) is 0 Å². The average molecular weight is 341 g/mol. The fourth-order valence-electron chi connectivity index (χ4n) is 2.43. The van der Waals surface area contributed by atoms with Gasteiger partial charge in [0.1, 0.15) is 18.3 Å². The zero-order valence-electron chi connectivity index (χ0n) is 15.4. The molecular weight excluding hydrogens is 304 g/mol. The molecule has 4 N–H and O–H groups in total. The van der Waals surface area contributed by atoms with Gasteiger partial charge in [0, 0.05) is 0 Å². The molecule has 0 fully saturated rings. The van der Waals surface area contributed by atoms with E-state index in [1.54, 1.807) is 0 Å². The predicted molar refractivity (Wildman–Crippen MR) is 98.5 cm³/mol. The van der Waals surface area contributed by atoms with Crippen LogP contribution in [0.15, 0.2) is 12.2 Å². The standard InChI is InChI=1S/C20H36O4/c1-4-5-12-17(21)14-15-19(23)20(24)18(22)13-10-8-6-7-9-11-16(2)3/h17-24H,2,4-13H2,1,3H3. The van der Waals surface area contributed by atoms with E-state index in [2.05, 4.69) is 18.4 Å². The van der Waals surface area contributed by atoms with Crippen LogP contribution in [0, 0.1) is 11.8 Å². The first kappa shape index (κ1) is 23.1. The SMILES string of the molecule is C=C(C)CCCCCCCC(O)C(O)C(O)C#CC(O)CCCC. The molecule has 0 aromatic carbocycles. The predicted octanol–water partition coefficient (Wildman–Crippen LogP) is 2.93. The molecule has 0 aromatic heterocycles. The van der Waals surface area contributed by atoms with Gasteiger partial charge in [0.05, 0.1) is 6.10 Å². The molecule has 0 heterocycles. The molecule has 0 saturated carbocycles. The van der Waals surface area contributed by atoms with Crippen molar-refractivity contribution < 1.29 is 20.4 Å². The highest BCUT2D eigenvalue weighted by molar-refractivity contribution is 5.11. The third kappa shape index (κ3) is 12.5. The van der Waals surface area contributed by atoms with Gasteiger partial charge >= 0.3 is 0 Å². The number of rotatable bonds is 13. The summed E-state index contributed by atoms with van der Waals surface area (Å²) in [4.78, 5) is 0. The second-order valence-corrected chi connectivity index (χ2v) is 6.71. The molecule has 0 bridgehead atoms. The first-order chi connectivity index (χ1) is 11.4. The van der Waals surface area contributed by atoms with Gasteiger partial charge < -0.3 is 20.4 Å². The third-order valence-corrected chi connectivity index (χ3v) is 4.05. The highest BCUT2D eigenvalue weighted by Gasteiger charge is 2.22. The Bertz CT molecular complexity index is 383. The summed E-state index contributed by atoms with van der Waals surface area (Å²) in [5.41, 5.74) is 1.21. The molecule has 0 aliphatic carbocycles. The molecule has 0 rings (SSSR count). The zero-order valence-corrected chi connectivity index (χ0v) is 15.4. The highest BCUT2D eigenvalue weighted by atomic mass is 16.4. The lowest BCUT2D eigenvalue weighted by Gasteiger charge is -2.19. The van der Waals surface area contributed by atoms with E-state index >= 15 is 0 Å². The summed E-state index contributed by atoms with van der Waals surface area (Å²) in [6.45, 7) is 7.94. The van der Waals surface area contributed by atoms with Crippen molar-refractivity contribution in [1.29, 1.82) is 0 Å². The molecule has 4 unspecified atom stereocenters. The maximum atomic E-state index is 9.92. The van der Waals surface area contributed by atoms with Crippen molar-refractivity contribution in [3.8, 4) is 11.8 Å². The van der Waals surface area contributed by atoms with Crippen molar-refractivity contribution in [2.24, 2.45) is 0 Å². The van der Waals surface area contributed by atoms with Crippen molar-refractivity contribution in [1.82, 2.24) is 0 Å². The van der Waals surface area contributed by atoms with Crippen molar-refractivity contribution >= 4 is 0 Å². The summed E-state index contributed by atoms with van der Waals surface area (Å²) in [5.74, 6) is 4.97. The minimum Gasteiger partial charge on any atom is -0.390 e. The third-order valence-electron chi connectivity index (χ3n) is 4.05. The lowest BCUT2D eigenvalue weighted by molar-refractivity contribution is -0.0416. The maximum Gasteiger partial charge on any atom is 0.143 e. The van der Waals surface area contributed by atoms with E-state index in [1.165, 1.54) is 5.57 Å². The Hall–Kier alpha value is -0.860. The van der Waals surface area contributed by atoms with Gasteiger partial charge in [-0.1, -0.05) is 62.9 Å². The van der Waals surface area contributed by atoms with Crippen LogP contribution in [0.2, 0.25) is 0 Å². The molecule has 4 nitrogen and oxygen atoms in total. The van der Waals surface area contributed by atoms with Crippen LogP contribution < -0.4 is 0 Å². The summed E-state index contributed by atoms with van der Waals surface area (Å²) in [6.07, 6.45) is 4.70. The number of aliphatic hydroxyl groups is 4. The Morgan fingerprint density at radius 2 is 1.50 bits per heavy atom. The second kappa shape index (κ2) is 14.5. The Kier molecular flexibility index (Phi) is 14.0. The van der Waals surface area contributed by atoms with Crippen LogP contribution in [-0.4, -0.2) is 44.8 Å². The Labute approximate surface area is 147 Å². The van der Waals surface area contributed by atoms with Gasteiger partial charge in [-0.15, -0.1) is 6.58 Å². The van der Waals surface area contributed by atoms with E-state index in [-0.39, 0.29) is 0 Å². The van der Waals surface area contributed by atoms with Gasteiger partial charge in [0.15, 0.2) is 0 Å². The summed E-state index contributed by atoms with van der Waals surface area (Å²) < 4.78 is 0. The highest BCUT2D eigenvalue weighted by Crippen LogP contribution is 2.13. The van der Waals surface area contributed by atoms with Crippen molar-refractivity contribution in [3.05, 3.63) is 12.2 Å². The molecule has 24 heavy (non-hydrogen) atoms. The molecule has 4 atom stereocenters. The number of hydrogen-bond acceptors (Lipinski definition) is 4. The lowest BCUT2D eigenvalue weighted by Crippen LogP contribution is -2.36. The van der Waals surface area contributed by atoms with Crippen LogP contribution in [0.4, 0.5) is 0 Å². The van der Waals surface area contributed by atoms with Crippen LogP contribution in [0.5, 0.6) is 0 Å².